The van der Waals surface area contributed by atoms with Crippen molar-refractivity contribution in [2.45, 2.75) is 19.8 Å². The lowest BCUT2D eigenvalue weighted by atomic mass is 10.3. The van der Waals surface area contributed by atoms with Crippen LogP contribution < -0.4 is 5.32 Å². The number of aliphatic hydroxyl groups excluding tert-OH is 1. The number of ether oxygens (including phenoxy) is 1. The normalized spacial score (nSPS) is 10.0. The van der Waals surface area contributed by atoms with E-state index in [0.29, 0.717) is 6.42 Å². The van der Waals surface area contributed by atoms with Crippen LogP contribution in [-0.4, -0.2) is 40.4 Å². The van der Waals surface area contributed by atoms with Gasteiger partial charge in [0.2, 0.25) is 5.91 Å². The van der Waals surface area contributed by atoms with Crippen molar-refractivity contribution >= 4 is 17.7 Å². The molecule has 94 valence electrons. The van der Waals surface area contributed by atoms with E-state index in [1.165, 1.54) is 6.20 Å². The summed E-state index contributed by atoms with van der Waals surface area (Å²) in [6.07, 6.45) is 1.84. The Kier molecular flexibility index (Phi) is 5.15. The second-order valence-corrected chi connectivity index (χ2v) is 3.25. The van der Waals surface area contributed by atoms with Gasteiger partial charge in [0.05, 0.1) is 12.8 Å². The Labute approximate surface area is 98.2 Å². The Hall–Kier alpha value is -1.89. The van der Waals surface area contributed by atoms with Gasteiger partial charge in [0.25, 0.3) is 0 Å². The fraction of sp³-hybridized carbons (Fsp3) is 0.500. The molecule has 0 spiro atoms. The standard InChI is InChI=1S/C10H15N3O4/c1-2-17-10(16)7-6-11-13-9(7)12-8(15)4-3-5-14/h6,14H,2-5H2,1H3,(H2,11,12,13,15). The summed E-state index contributed by atoms with van der Waals surface area (Å²) in [7, 11) is 0. The van der Waals surface area contributed by atoms with Gasteiger partial charge in [0, 0.05) is 13.0 Å². The zero-order valence-corrected chi connectivity index (χ0v) is 9.52. The van der Waals surface area contributed by atoms with Gasteiger partial charge in [-0.2, -0.15) is 5.10 Å². The molecule has 0 fully saturated rings. The maximum absolute atomic E-state index is 11.4. The molecule has 1 amide bonds. The van der Waals surface area contributed by atoms with Crippen molar-refractivity contribution < 1.29 is 19.4 Å². The number of carbonyl (C=O) groups excluding carboxylic acids is 2. The van der Waals surface area contributed by atoms with E-state index < -0.39 is 5.97 Å². The molecule has 1 rings (SSSR count). The summed E-state index contributed by atoms with van der Waals surface area (Å²) in [6.45, 7) is 1.89. The third kappa shape index (κ3) is 3.87. The summed E-state index contributed by atoms with van der Waals surface area (Å²) in [5.74, 6) is -0.626. The zero-order chi connectivity index (χ0) is 12.7. The number of aliphatic hydroxyl groups is 1. The average molecular weight is 241 g/mol. The van der Waals surface area contributed by atoms with Gasteiger partial charge in [-0.3, -0.25) is 9.89 Å². The highest BCUT2D eigenvalue weighted by atomic mass is 16.5. The van der Waals surface area contributed by atoms with E-state index in [9.17, 15) is 9.59 Å². The molecule has 0 aromatic carbocycles. The maximum Gasteiger partial charge on any atom is 0.343 e. The van der Waals surface area contributed by atoms with Gasteiger partial charge < -0.3 is 15.2 Å². The van der Waals surface area contributed by atoms with Gasteiger partial charge in [-0.1, -0.05) is 0 Å². The van der Waals surface area contributed by atoms with Crippen LogP contribution in [-0.2, 0) is 9.53 Å². The molecule has 1 aromatic rings. The summed E-state index contributed by atoms with van der Waals surface area (Å²) in [5.41, 5.74) is 0.184. The van der Waals surface area contributed by atoms with Gasteiger partial charge in [0.1, 0.15) is 11.4 Å². The molecule has 0 radical (unpaired) electrons. The first-order valence-corrected chi connectivity index (χ1v) is 5.30. The molecule has 0 aliphatic heterocycles. The minimum atomic E-state index is -0.543. The predicted molar refractivity (Wildman–Crippen MR) is 59.5 cm³/mol. The number of rotatable bonds is 6. The Bertz CT molecular complexity index is 389. The highest BCUT2D eigenvalue weighted by Crippen LogP contribution is 2.12. The molecule has 1 heterocycles. The molecule has 0 aliphatic carbocycles. The van der Waals surface area contributed by atoms with Crippen molar-refractivity contribution in [3.05, 3.63) is 11.8 Å². The van der Waals surface area contributed by atoms with E-state index >= 15 is 0 Å². The number of carbonyl (C=O) groups is 2. The molecule has 3 N–H and O–H groups in total. The Balaban J connectivity index is 2.62. The van der Waals surface area contributed by atoms with E-state index in [1.807, 2.05) is 0 Å². The van der Waals surface area contributed by atoms with Crippen molar-refractivity contribution in [2.24, 2.45) is 0 Å². The van der Waals surface area contributed by atoms with Gasteiger partial charge >= 0.3 is 5.97 Å². The monoisotopic (exact) mass is 241 g/mol. The van der Waals surface area contributed by atoms with Crippen LogP contribution in [0.1, 0.15) is 30.1 Å². The lowest BCUT2D eigenvalue weighted by Gasteiger charge is -2.04. The summed E-state index contributed by atoms with van der Waals surface area (Å²) in [5, 5.41) is 17.3. The molecule has 17 heavy (non-hydrogen) atoms. The highest BCUT2D eigenvalue weighted by molar-refractivity contribution is 5.99. The van der Waals surface area contributed by atoms with Crippen molar-refractivity contribution in [1.29, 1.82) is 0 Å². The van der Waals surface area contributed by atoms with Crippen LogP contribution in [0.25, 0.3) is 0 Å². The number of aromatic amines is 1. The molecule has 0 saturated carbocycles. The first-order valence-electron chi connectivity index (χ1n) is 5.30. The van der Waals surface area contributed by atoms with Crippen LogP contribution >= 0.6 is 0 Å². The highest BCUT2D eigenvalue weighted by Gasteiger charge is 2.16. The van der Waals surface area contributed by atoms with E-state index in [2.05, 4.69) is 15.5 Å². The number of amides is 1. The van der Waals surface area contributed by atoms with Crippen LogP contribution in [0.15, 0.2) is 6.20 Å². The maximum atomic E-state index is 11.4. The van der Waals surface area contributed by atoms with Crippen LogP contribution in [0.4, 0.5) is 5.82 Å². The zero-order valence-electron chi connectivity index (χ0n) is 9.52. The first-order chi connectivity index (χ1) is 8.19. The van der Waals surface area contributed by atoms with Crippen LogP contribution in [0.5, 0.6) is 0 Å². The number of nitrogens with one attached hydrogen (secondary N) is 2. The molecule has 0 saturated heterocycles. The fourth-order valence-electron chi connectivity index (χ4n) is 1.19. The van der Waals surface area contributed by atoms with Gasteiger partial charge in [-0.15, -0.1) is 0 Å². The molecule has 0 aliphatic rings. The second kappa shape index (κ2) is 6.64. The minimum absolute atomic E-state index is 0.0544. The molecule has 0 bridgehead atoms. The number of anilines is 1. The summed E-state index contributed by atoms with van der Waals surface area (Å²) < 4.78 is 4.80. The van der Waals surface area contributed by atoms with E-state index in [4.69, 9.17) is 9.84 Å². The molecular weight excluding hydrogens is 226 g/mol. The fourth-order valence-corrected chi connectivity index (χ4v) is 1.19. The third-order valence-electron chi connectivity index (χ3n) is 1.96. The number of nitrogens with zero attached hydrogens (tertiary/aromatic N) is 1. The van der Waals surface area contributed by atoms with Crippen molar-refractivity contribution in [2.75, 3.05) is 18.5 Å². The van der Waals surface area contributed by atoms with Gasteiger partial charge in [-0.25, -0.2) is 4.79 Å². The Morgan fingerprint density at radius 3 is 3.00 bits per heavy atom. The first kappa shape index (κ1) is 13.2. The second-order valence-electron chi connectivity index (χ2n) is 3.25. The molecule has 1 aromatic heterocycles. The minimum Gasteiger partial charge on any atom is -0.462 e. The largest absolute Gasteiger partial charge is 0.462 e. The van der Waals surface area contributed by atoms with Crippen molar-refractivity contribution in [1.82, 2.24) is 10.2 Å². The van der Waals surface area contributed by atoms with Crippen LogP contribution in [0.2, 0.25) is 0 Å². The van der Waals surface area contributed by atoms with Crippen molar-refractivity contribution in [3.63, 3.8) is 0 Å². The number of H-pyrrole nitrogens is 1. The van der Waals surface area contributed by atoms with E-state index in [-0.39, 0.29) is 36.9 Å². The summed E-state index contributed by atoms with van der Waals surface area (Å²) >= 11 is 0. The van der Waals surface area contributed by atoms with Crippen LogP contribution in [0, 0.1) is 0 Å². The Morgan fingerprint density at radius 1 is 1.59 bits per heavy atom. The smallest absolute Gasteiger partial charge is 0.343 e. The molecular formula is C10H15N3O4. The molecule has 0 atom stereocenters. The average Bonchev–Trinajstić information content (AvgIpc) is 2.75. The predicted octanol–water partition coefficient (Wildman–Crippen LogP) is 0.297. The topological polar surface area (TPSA) is 104 Å². The lowest BCUT2D eigenvalue weighted by Crippen LogP contribution is -2.15. The third-order valence-corrected chi connectivity index (χ3v) is 1.96. The Morgan fingerprint density at radius 2 is 2.35 bits per heavy atom. The lowest BCUT2D eigenvalue weighted by molar-refractivity contribution is -0.116. The SMILES string of the molecule is CCOC(=O)c1cn[nH]c1NC(=O)CCCO. The number of esters is 1. The molecule has 7 nitrogen and oxygen atoms in total. The van der Waals surface area contributed by atoms with E-state index in [0.717, 1.165) is 0 Å². The number of hydrogen-bond donors (Lipinski definition) is 3. The quantitative estimate of drug-likeness (QED) is 0.621. The van der Waals surface area contributed by atoms with Gasteiger partial charge in [0.15, 0.2) is 0 Å². The summed E-state index contributed by atoms with van der Waals surface area (Å²) in [4.78, 5) is 22.8. The van der Waals surface area contributed by atoms with Crippen LogP contribution in [0.3, 0.4) is 0 Å². The number of aromatic nitrogens is 2. The molecule has 7 heteroatoms. The van der Waals surface area contributed by atoms with Crippen molar-refractivity contribution in [3.8, 4) is 0 Å². The van der Waals surface area contributed by atoms with E-state index in [1.54, 1.807) is 6.92 Å². The van der Waals surface area contributed by atoms with Gasteiger partial charge in [-0.05, 0) is 13.3 Å². The molecule has 0 unspecified atom stereocenters. The summed E-state index contributed by atoms with van der Waals surface area (Å²) in [6, 6.07) is 0. The number of hydrogen-bond acceptors (Lipinski definition) is 5.